The minimum absolute atomic E-state index is 0.00719. The maximum atomic E-state index is 16.6. The van der Waals surface area contributed by atoms with E-state index in [1.165, 1.54) is 18.2 Å². The molecule has 4 atom stereocenters. The number of ether oxygens (including phenoxy) is 1. The Morgan fingerprint density at radius 2 is 1.77 bits per heavy atom. The minimum atomic E-state index is -1.54. The van der Waals surface area contributed by atoms with E-state index in [0.29, 0.717) is 26.1 Å². The van der Waals surface area contributed by atoms with E-state index in [2.05, 4.69) is 20.2 Å². The van der Waals surface area contributed by atoms with Crippen molar-refractivity contribution in [2.45, 2.75) is 55.9 Å². The smallest absolute Gasteiger partial charge is 0.319 e. The van der Waals surface area contributed by atoms with Crippen molar-refractivity contribution in [3.63, 3.8) is 0 Å². The molecule has 0 amide bonds. The Kier molecular flexibility index (Phi) is 6.39. The number of nitrogens with zero attached hydrogens (tertiary/aromatic N) is 4. The zero-order chi connectivity index (χ0) is 30.3. The van der Waals surface area contributed by atoms with Crippen molar-refractivity contribution >= 4 is 27.5 Å². The van der Waals surface area contributed by atoms with Crippen molar-refractivity contribution in [2.75, 3.05) is 37.7 Å². The van der Waals surface area contributed by atoms with E-state index in [9.17, 15) is 9.50 Å². The van der Waals surface area contributed by atoms with Gasteiger partial charge in [0.1, 0.15) is 35.7 Å². The predicted octanol–water partition coefficient (Wildman–Crippen LogP) is 5.61. The quantitative estimate of drug-likeness (QED) is 0.225. The van der Waals surface area contributed by atoms with Crippen LogP contribution in [-0.2, 0) is 0 Å². The Labute approximate surface area is 249 Å². The summed E-state index contributed by atoms with van der Waals surface area (Å²) >= 11 is 0. The largest absolute Gasteiger partial charge is 0.508 e. The molecule has 1 aromatic heterocycles. The second kappa shape index (κ2) is 10.1. The molecule has 8 rings (SSSR count). The van der Waals surface area contributed by atoms with Crippen LogP contribution in [0.4, 0.5) is 27.8 Å². The highest BCUT2D eigenvalue weighted by molar-refractivity contribution is 6.02. The molecule has 3 aromatic carbocycles. The van der Waals surface area contributed by atoms with Crippen molar-refractivity contribution in [3.8, 4) is 22.9 Å². The molecule has 0 saturated carbocycles. The standard InChI is InChI=1S/C32H30F5N5O2/c33-17-11-32(7-2-8-42(32)12-17)15-44-31-39-29-25(30(40-31)41-13-18-5-6-19(14-41)38-18)27(36)26(35)24(28(29)37)21-10-20(43)9-16-3-1-4-22(34)23(16)21/h1,3-4,9-10,17-19,38,43H,2,5-8,11-15H2/t17-,18?,19?,32+/m1/s1. The Morgan fingerprint density at radius 1 is 0.977 bits per heavy atom. The topological polar surface area (TPSA) is 73.8 Å². The zero-order valence-electron chi connectivity index (χ0n) is 23.7. The van der Waals surface area contributed by atoms with Crippen molar-refractivity contribution < 1.29 is 31.8 Å². The molecule has 230 valence electrons. The SMILES string of the molecule is Oc1cc(-c2c(F)c(F)c3c(N4CC5CCC(C4)N5)nc(OC[C@@]45CCCN4C[C@H](F)C5)nc3c2F)c2c(F)cccc2c1. The van der Waals surface area contributed by atoms with Crippen LogP contribution in [0.15, 0.2) is 30.3 Å². The van der Waals surface area contributed by atoms with Gasteiger partial charge in [0.15, 0.2) is 17.5 Å². The first-order valence-corrected chi connectivity index (χ1v) is 15.0. The number of fused-ring (bicyclic) bond motifs is 5. The molecular formula is C32H30F5N5O2. The number of anilines is 1. The summed E-state index contributed by atoms with van der Waals surface area (Å²) in [7, 11) is 0. The highest BCUT2D eigenvalue weighted by atomic mass is 19.2. The van der Waals surface area contributed by atoms with Crippen LogP contribution >= 0.6 is 0 Å². The number of phenols is 1. The van der Waals surface area contributed by atoms with Crippen molar-refractivity contribution in [2.24, 2.45) is 0 Å². The molecule has 2 bridgehead atoms. The summed E-state index contributed by atoms with van der Waals surface area (Å²) in [5.41, 5.74) is -2.26. The summed E-state index contributed by atoms with van der Waals surface area (Å²) in [4.78, 5) is 12.6. The van der Waals surface area contributed by atoms with E-state index >= 15 is 17.6 Å². The number of aromatic nitrogens is 2. The Balaban J connectivity index is 1.31. The van der Waals surface area contributed by atoms with Gasteiger partial charge in [-0.05, 0) is 55.8 Å². The fraction of sp³-hybridized carbons (Fsp3) is 0.438. The van der Waals surface area contributed by atoms with E-state index < -0.39 is 51.4 Å². The Hall–Kier alpha value is -3.77. The van der Waals surface area contributed by atoms with E-state index in [0.717, 1.165) is 44.4 Å². The number of alkyl halides is 1. The lowest BCUT2D eigenvalue weighted by Gasteiger charge is -2.34. The molecule has 12 heteroatoms. The maximum absolute atomic E-state index is 16.6. The van der Waals surface area contributed by atoms with Crippen LogP contribution in [-0.4, -0.2) is 76.6 Å². The maximum Gasteiger partial charge on any atom is 0.319 e. The third kappa shape index (κ3) is 4.28. The van der Waals surface area contributed by atoms with Crippen molar-refractivity contribution in [1.82, 2.24) is 20.2 Å². The summed E-state index contributed by atoms with van der Waals surface area (Å²) in [6, 6.07) is 6.25. The van der Waals surface area contributed by atoms with Gasteiger partial charge in [0, 0.05) is 49.1 Å². The molecule has 5 heterocycles. The molecule has 4 fully saturated rings. The molecular weight excluding hydrogens is 581 g/mol. The van der Waals surface area contributed by atoms with Crippen LogP contribution in [0.5, 0.6) is 11.8 Å². The van der Waals surface area contributed by atoms with Crippen LogP contribution in [0.3, 0.4) is 0 Å². The predicted molar refractivity (Wildman–Crippen MR) is 155 cm³/mol. The van der Waals surface area contributed by atoms with E-state index in [4.69, 9.17) is 4.74 Å². The number of hydrogen-bond acceptors (Lipinski definition) is 7. The van der Waals surface area contributed by atoms with Crippen molar-refractivity contribution in [3.05, 3.63) is 53.6 Å². The van der Waals surface area contributed by atoms with Gasteiger partial charge < -0.3 is 20.1 Å². The summed E-state index contributed by atoms with van der Waals surface area (Å²) in [5.74, 6) is -5.30. The summed E-state index contributed by atoms with van der Waals surface area (Å²) in [6.07, 6.45) is 2.73. The molecule has 0 spiro atoms. The van der Waals surface area contributed by atoms with Crippen molar-refractivity contribution in [1.29, 1.82) is 0 Å². The Bertz CT molecular complexity index is 1810. The fourth-order valence-corrected chi connectivity index (χ4v) is 7.93. The number of rotatable bonds is 5. The molecule has 0 radical (unpaired) electrons. The highest BCUT2D eigenvalue weighted by Crippen LogP contribution is 2.44. The molecule has 44 heavy (non-hydrogen) atoms. The lowest BCUT2D eigenvalue weighted by atomic mass is 9.95. The number of hydrogen-bond donors (Lipinski definition) is 2. The average molecular weight is 612 g/mol. The van der Waals surface area contributed by atoms with Gasteiger partial charge in [-0.1, -0.05) is 12.1 Å². The number of piperazine rings is 1. The van der Waals surface area contributed by atoms with Gasteiger partial charge in [-0.15, -0.1) is 0 Å². The van der Waals surface area contributed by atoms with Gasteiger partial charge in [-0.25, -0.2) is 22.0 Å². The summed E-state index contributed by atoms with van der Waals surface area (Å²) < 4.78 is 84.5. The molecule has 2 N–H and O–H groups in total. The Morgan fingerprint density at radius 3 is 2.57 bits per heavy atom. The number of phenolic OH excluding ortho intramolecular Hbond substituents is 1. The van der Waals surface area contributed by atoms with Gasteiger partial charge in [-0.3, -0.25) is 4.90 Å². The first kappa shape index (κ1) is 27.8. The number of halogens is 5. The second-order valence-electron chi connectivity index (χ2n) is 12.6. The van der Waals surface area contributed by atoms with Crippen LogP contribution in [0.2, 0.25) is 0 Å². The lowest BCUT2D eigenvalue weighted by molar-refractivity contribution is 0.107. The third-order valence-electron chi connectivity index (χ3n) is 9.86. The van der Waals surface area contributed by atoms with E-state index in [1.807, 2.05) is 0 Å². The van der Waals surface area contributed by atoms with Gasteiger partial charge in [0.2, 0.25) is 0 Å². The molecule has 4 aromatic rings. The van der Waals surface area contributed by atoms with Gasteiger partial charge in [0.25, 0.3) is 0 Å². The third-order valence-corrected chi connectivity index (χ3v) is 9.86. The van der Waals surface area contributed by atoms with Crippen LogP contribution in [0.25, 0.3) is 32.8 Å². The van der Waals surface area contributed by atoms with Gasteiger partial charge >= 0.3 is 6.01 Å². The minimum Gasteiger partial charge on any atom is -0.508 e. The molecule has 7 nitrogen and oxygen atoms in total. The normalized spacial score (nSPS) is 26.7. The summed E-state index contributed by atoms with van der Waals surface area (Å²) in [5, 5.41) is 13.4. The van der Waals surface area contributed by atoms with Gasteiger partial charge in [-0.2, -0.15) is 9.97 Å². The lowest BCUT2D eigenvalue weighted by Crippen LogP contribution is -2.51. The average Bonchev–Trinajstić information content (AvgIpc) is 3.64. The second-order valence-corrected chi connectivity index (χ2v) is 12.6. The van der Waals surface area contributed by atoms with Crippen LogP contribution in [0.1, 0.15) is 32.1 Å². The van der Waals surface area contributed by atoms with Crippen LogP contribution in [0, 0.1) is 23.3 Å². The fourth-order valence-electron chi connectivity index (χ4n) is 7.93. The highest BCUT2D eigenvalue weighted by Gasteiger charge is 2.49. The number of nitrogens with one attached hydrogen (secondary N) is 1. The monoisotopic (exact) mass is 611 g/mol. The molecule has 4 saturated heterocycles. The molecule has 2 unspecified atom stereocenters. The first-order chi connectivity index (χ1) is 21.2. The number of aromatic hydroxyl groups is 1. The zero-order valence-corrected chi connectivity index (χ0v) is 23.7. The molecule has 4 aliphatic rings. The summed E-state index contributed by atoms with van der Waals surface area (Å²) in [6.45, 7) is 2.00. The van der Waals surface area contributed by atoms with Gasteiger partial charge in [0.05, 0.1) is 16.5 Å². The van der Waals surface area contributed by atoms with E-state index in [1.54, 1.807) is 4.90 Å². The number of benzene rings is 3. The van der Waals surface area contributed by atoms with E-state index in [-0.39, 0.29) is 52.6 Å². The molecule has 0 aliphatic carbocycles. The molecule has 4 aliphatic heterocycles. The first-order valence-electron chi connectivity index (χ1n) is 15.0. The van der Waals surface area contributed by atoms with Crippen LogP contribution < -0.4 is 15.0 Å².